The van der Waals surface area contributed by atoms with Crippen LogP contribution >= 0.6 is 0 Å². The maximum Gasteiger partial charge on any atom is 0.0737 e. The van der Waals surface area contributed by atoms with Gasteiger partial charge in [-0.25, -0.2) is 9.97 Å². The predicted molar refractivity (Wildman–Crippen MR) is 201 cm³/mol. The molecule has 0 atom stereocenters. The molecule has 0 radical (unpaired) electrons. The van der Waals surface area contributed by atoms with Gasteiger partial charge < -0.3 is 9.97 Å². The largest absolute Gasteiger partial charge is 0.355 e. The van der Waals surface area contributed by atoms with Crippen LogP contribution in [0.25, 0.3) is 79.8 Å². The van der Waals surface area contributed by atoms with Crippen LogP contribution in [0, 0.1) is 41.5 Å². The average Bonchev–Trinajstić information content (AvgIpc) is 3.87. The number of pyridine rings is 1. The summed E-state index contributed by atoms with van der Waals surface area (Å²) in [5.74, 6) is 0. The molecule has 0 fully saturated rings. The van der Waals surface area contributed by atoms with E-state index < -0.39 is 0 Å². The Hall–Kier alpha value is -5.81. The van der Waals surface area contributed by atoms with Crippen LogP contribution in [0.4, 0.5) is 0 Å². The molecule has 5 nitrogen and oxygen atoms in total. The van der Waals surface area contributed by atoms with Gasteiger partial charge in [-0.05, 0) is 147 Å². The molecule has 8 bridgehead atoms. The minimum Gasteiger partial charge on any atom is -0.355 e. The van der Waals surface area contributed by atoms with Gasteiger partial charge in [-0.15, -0.1) is 0 Å². The summed E-state index contributed by atoms with van der Waals surface area (Å²) in [6, 6.07) is 23.9. The second-order valence-electron chi connectivity index (χ2n) is 13.1. The number of aryl methyl sites for hydroxylation is 6. The van der Waals surface area contributed by atoms with Crippen molar-refractivity contribution in [2.75, 3.05) is 0 Å². The van der Waals surface area contributed by atoms with Gasteiger partial charge >= 0.3 is 0 Å². The molecule has 4 aromatic heterocycles. The standard InChI is InChI=1S/C43H37N5/c1-24-19-26(3)39(27(4)20-24)42-35-9-7-31(45-35)23-32-8-10-36(46-32)43(40-28(5)21-25(2)22-29(40)6)38-14-12-34(48-38)41(30-15-17-44-18-16-30)33-11-13-37(42)47-33/h7-23,45,48H,1-6H3. The summed E-state index contributed by atoms with van der Waals surface area (Å²) in [4.78, 5) is 22.5. The maximum absolute atomic E-state index is 5.39. The van der Waals surface area contributed by atoms with Crippen LogP contribution in [0.15, 0.2) is 79.1 Å². The fraction of sp³-hybridized carbons (Fsp3) is 0.140. The Balaban J connectivity index is 1.56. The summed E-state index contributed by atoms with van der Waals surface area (Å²) in [6.07, 6.45) is 12.2. The zero-order chi connectivity index (χ0) is 33.1. The SMILES string of the molecule is Cc1cc(C)c(-c2c3nc(c(-c4ccncc4)c4ccc([nH]4)c(-c4c(C)cc(C)cc4C)c4nc(cc5ccc2[nH]5)C=C4)C=C3)c(C)c1. The van der Waals surface area contributed by atoms with E-state index in [1.807, 2.05) is 12.4 Å². The summed E-state index contributed by atoms with van der Waals surface area (Å²) < 4.78 is 0. The lowest BCUT2D eigenvalue weighted by atomic mass is 9.92. The van der Waals surface area contributed by atoms with Gasteiger partial charge in [0.1, 0.15) is 0 Å². The second-order valence-corrected chi connectivity index (χ2v) is 13.1. The molecule has 0 saturated carbocycles. The van der Waals surface area contributed by atoms with Crippen LogP contribution in [-0.4, -0.2) is 24.9 Å². The highest BCUT2D eigenvalue weighted by atomic mass is 14.8. The van der Waals surface area contributed by atoms with Crippen molar-refractivity contribution in [1.29, 1.82) is 0 Å². The van der Waals surface area contributed by atoms with Crippen molar-refractivity contribution < 1.29 is 0 Å². The summed E-state index contributed by atoms with van der Waals surface area (Å²) in [6.45, 7) is 13.1. The third-order valence-corrected chi connectivity index (χ3v) is 9.40. The first-order valence-electron chi connectivity index (χ1n) is 16.4. The smallest absolute Gasteiger partial charge is 0.0737 e. The lowest BCUT2D eigenvalue weighted by Gasteiger charge is -2.13. The average molecular weight is 624 g/mol. The monoisotopic (exact) mass is 623 g/mol. The van der Waals surface area contributed by atoms with Crippen molar-refractivity contribution in [2.24, 2.45) is 0 Å². The summed E-state index contributed by atoms with van der Waals surface area (Å²) >= 11 is 0. The molecule has 48 heavy (non-hydrogen) atoms. The number of hydrogen-bond acceptors (Lipinski definition) is 3. The molecule has 2 N–H and O–H groups in total. The van der Waals surface area contributed by atoms with Gasteiger partial charge in [-0.1, -0.05) is 35.4 Å². The Morgan fingerprint density at radius 2 is 0.917 bits per heavy atom. The number of H-pyrrole nitrogens is 2. The first-order chi connectivity index (χ1) is 23.2. The Morgan fingerprint density at radius 3 is 1.52 bits per heavy atom. The molecule has 2 aromatic carbocycles. The van der Waals surface area contributed by atoms with Crippen molar-refractivity contribution in [3.8, 4) is 33.4 Å². The fourth-order valence-corrected chi connectivity index (χ4v) is 7.64. The van der Waals surface area contributed by atoms with Gasteiger partial charge in [0.2, 0.25) is 0 Å². The van der Waals surface area contributed by atoms with Crippen LogP contribution in [-0.2, 0) is 0 Å². The topological polar surface area (TPSA) is 70.2 Å². The Kier molecular flexibility index (Phi) is 7.06. The summed E-state index contributed by atoms with van der Waals surface area (Å²) in [5, 5.41) is 0. The van der Waals surface area contributed by atoms with E-state index in [2.05, 4.69) is 148 Å². The van der Waals surface area contributed by atoms with Crippen LogP contribution in [0.1, 0.15) is 56.2 Å². The second kappa shape index (κ2) is 11.5. The van der Waals surface area contributed by atoms with Crippen molar-refractivity contribution >= 4 is 46.4 Å². The van der Waals surface area contributed by atoms with E-state index in [1.165, 1.54) is 44.5 Å². The van der Waals surface area contributed by atoms with Gasteiger partial charge in [-0.3, -0.25) is 4.98 Å². The van der Waals surface area contributed by atoms with Crippen LogP contribution in [0.5, 0.6) is 0 Å². The van der Waals surface area contributed by atoms with Crippen LogP contribution in [0.2, 0.25) is 0 Å². The zero-order valence-electron chi connectivity index (χ0n) is 28.2. The molecule has 2 aliphatic heterocycles. The minimum absolute atomic E-state index is 0.896. The normalized spacial score (nSPS) is 12.2. The van der Waals surface area contributed by atoms with E-state index in [1.54, 1.807) is 0 Å². The molecule has 0 amide bonds. The summed E-state index contributed by atoms with van der Waals surface area (Å²) in [5.41, 5.74) is 21.7. The molecule has 5 heteroatoms. The van der Waals surface area contributed by atoms with E-state index in [0.29, 0.717) is 0 Å². The number of aromatic nitrogens is 5. The molecule has 2 aliphatic rings. The number of nitrogens with one attached hydrogen (secondary N) is 2. The van der Waals surface area contributed by atoms with Crippen molar-refractivity contribution in [3.05, 3.63) is 135 Å². The van der Waals surface area contributed by atoms with Gasteiger partial charge in [0.25, 0.3) is 0 Å². The maximum atomic E-state index is 5.39. The molecule has 0 spiro atoms. The Morgan fingerprint density at radius 1 is 0.438 bits per heavy atom. The molecule has 234 valence electrons. The van der Waals surface area contributed by atoms with Gasteiger partial charge in [-0.2, -0.15) is 0 Å². The number of hydrogen-bond donors (Lipinski definition) is 2. The molecule has 8 rings (SSSR count). The van der Waals surface area contributed by atoms with Crippen molar-refractivity contribution in [1.82, 2.24) is 24.9 Å². The Labute approximate surface area is 280 Å². The van der Waals surface area contributed by atoms with E-state index in [4.69, 9.17) is 9.97 Å². The first kappa shape index (κ1) is 29.6. The number of aromatic amines is 2. The third kappa shape index (κ3) is 5.08. The highest BCUT2D eigenvalue weighted by Crippen LogP contribution is 2.39. The van der Waals surface area contributed by atoms with Crippen molar-refractivity contribution in [3.63, 3.8) is 0 Å². The fourth-order valence-electron chi connectivity index (χ4n) is 7.64. The van der Waals surface area contributed by atoms with E-state index in [9.17, 15) is 0 Å². The number of nitrogens with zero attached hydrogens (tertiary/aromatic N) is 3. The highest BCUT2D eigenvalue weighted by Gasteiger charge is 2.19. The number of benzene rings is 2. The molecule has 6 aromatic rings. The summed E-state index contributed by atoms with van der Waals surface area (Å²) in [7, 11) is 0. The first-order valence-corrected chi connectivity index (χ1v) is 16.4. The minimum atomic E-state index is 0.896. The van der Waals surface area contributed by atoms with Gasteiger partial charge in [0.15, 0.2) is 0 Å². The van der Waals surface area contributed by atoms with Crippen LogP contribution in [0.3, 0.4) is 0 Å². The molecule has 0 aliphatic carbocycles. The molecular formula is C43H37N5. The zero-order valence-corrected chi connectivity index (χ0v) is 28.2. The quantitative estimate of drug-likeness (QED) is 0.206. The molecule has 0 unspecified atom stereocenters. The lowest BCUT2D eigenvalue weighted by Crippen LogP contribution is -1.94. The highest BCUT2D eigenvalue weighted by molar-refractivity contribution is 5.98. The van der Waals surface area contributed by atoms with Crippen molar-refractivity contribution in [2.45, 2.75) is 41.5 Å². The molecule has 0 saturated heterocycles. The van der Waals surface area contributed by atoms with Gasteiger partial charge in [0, 0.05) is 51.2 Å². The van der Waals surface area contributed by atoms with E-state index >= 15 is 0 Å². The van der Waals surface area contributed by atoms with E-state index in [0.717, 1.165) is 67.1 Å². The molecule has 6 heterocycles. The predicted octanol–water partition coefficient (Wildman–Crippen LogP) is 10.9. The van der Waals surface area contributed by atoms with E-state index in [-0.39, 0.29) is 0 Å². The molecular weight excluding hydrogens is 587 g/mol. The lowest BCUT2D eigenvalue weighted by molar-refractivity contribution is 1.28. The van der Waals surface area contributed by atoms with Crippen LogP contribution < -0.4 is 0 Å². The number of rotatable bonds is 3. The third-order valence-electron chi connectivity index (χ3n) is 9.40. The Bertz CT molecular complexity index is 2410. The van der Waals surface area contributed by atoms with Gasteiger partial charge in [0.05, 0.1) is 22.8 Å². The number of fused-ring (bicyclic) bond motifs is 8.